The van der Waals surface area contributed by atoms with E-state index in [0.29, 0.717) is 13.0 Å². The second-order valence-electron chi connectivity index (χ2n) is 6.78. The molecule has 1 aliphatic heterocycles. The summed E-state index contributed by atoms with van der Waals surface area (Å²) in [6.07, 6.45) is -0.363. The quantitative estimate of drug-likeness (QED) is 0.624. The monoisotopic (exact) mass is 454 g/mol. The van der Waals surface area contributed by atoms with Gasteiger partial charge in [0.1, 0.15) is 0 Å². The van der Waals surface area contributed by atoms with Crippen LogP contribution in [0.2, 0.25) is 0 Å². The molecular weight excluding hydrogens is 429 g/mol. The molecule has 0 saturated carbocycles. The van der Waals surface area contributed by atoms with E-state index in [1.807, 2.05) is 0 Å². The van der Waals surface area contributed by atoms with Crippen molar-refractivity contribution in [2.24, 2.45) is 0 Å². The molecule has 0 amide bonds. The maximum Gasteiger partial charge on any atom is 0.402 e. The van der Waals surface area contributed by atoms with E-state index in [0.717, 1.165) is 31.7 Å². The second kappa shape index (κ2) is 8.76. The van der Waals surface area contributed by atoms with E-state index < -0.39 is 24.9 Å². The minimum atomic E-state index is -5.15. The lowest BCUT2D eigenvalue weighted by atomic mass is 10.1. The molecule has 148 valence electrons. The Balaban J connectivity index is 2.16. The Labute approximate surface area is 162 Å². The molecule has 2 unspecified atom stereocenters. The number of halogens is 3. The zero-order valence-electron chi connectivity index (χ0n) is 15.3. The lowest BCUT2D eigenvalue weighted by Gasteiger charge is -2.32. The number of alkyl halides is 2. The number of piperazine rings is 1. The van der Waals surface area contributed by atoms with Crippen LogP contribution in [0.1, 0.15) is 31.4 Å². The summed E-state index contributed by atoms with van der Waals surface area (Å²) < 4.78 is 46.3. The molecule has 1 saturated heterocycles. The molecule has 1 aromatic rings. The van der Waals surface area contributed by atoms with Crippen LogP contribution in [0.4, 0.5) is 8.78 Å². The molecule has 26 heavy (non-hydrogen) atoms. The van der Waals surface area contributed by atoms with Crippen molar-refractivity contribution in [2.75, 3.05) is 33.2 Å². The van der Waals surface area contributed by atoms with Gasteiger partial charge < -0.3 is 14.3 Å². The van der Waals surface area contributed by atoms with Crippen LogP contribution in [0.15, 0.2) is 22.7 Å². The SMILES string of the molecule is CCC(C)OP(=O)(O)C(F)(F)c1ccc(CN2CCN(C)CC2)cc1Br. The molecule has 2 atom stereocenters. The lowest BCUT2D eigenvalue weighted by Crippen LogP contribution is -2.43. The zero-order chi connectivity index (χ0) is 19.5. The van der Waals surface area contributed by atoms with Gasteiger partial charge in [0, 0.05) is 42.8 Å². The summed E-state index contributed by atoms with van der Waals surface area (Å²) in [6.45, 7) is 7.62. The van der Waals surface area contributed by atoms with Gasteiger partial charge >= 0.3 is 13.3 Å². The van der Waals surface area contributed by atoms with Gasteiger partial charge in [0.05, 0.1) is 6.10 Å². The van der Waals surface area contributed by atoms with Crippen molar-refractivity contribution in [2.45, 2.75) is 38.6 Å². The molecule has 0 bridgehead atoms. The largest absolute Gasteiger partial charge is 0.402 e. The highest BCUT2D eigenvalue weighted by Crippen LogP contribution is 2.64. The third-order valence-corrected chi connectivity index (χ3v) is 6.86. The first kappa shape index (κ1) is 21.9. The molecule has 0 radical (unpaired) electrons. The standard InChI is InChI=1S/C17H26BrF2N2O3P/c1-4-13(2)25-26(23,24)17(19,20)15-6-5-14(11-16(15)18)12-22-9-7-21(3)8-10-22/h5-6,11,13H,4,7-10,12H2,1-3H3,(H,23,24). The maximum absolute atomic E-state index is 14.6. The summed E-state index contributed by atoms with van der Waals surface area (Å²) in [5.41, 5.74) is -3.65. The molecule has 0 aromatic heterocycles. The minimum absolute atomic E-state index is 0.108. The van der Waals surface area contributed by atoms with Gasteiger partial charge in [0.15, 0.2) is 0 Å². The van der Waals surface area contributed by atoms with Crippen molar-refractivity contribution < 1.29 is 22.8 Å². The van der Waals surface area contributed by atoms with Crippen molar-refractivity contribution in [3.05, 3.63) is 33.8 Å². The van der Waals surface area contributed by atoms with Gasteiger partial charge in [-0.1, -0.05) is 35.0 Å². The Morgan fingerprint density at radius 2 is 1.96 bits per heavy atom. The lowest BCUT2D eigenvalue weighted by molar-refractivity contribution is 0.0341. The first-order valence-electron chi connectivity index (χ1n) is 8.65. The summed E-state index contributed by atoms with van der Waals surface area (Å²) in [5.74, 6) is 0. The third-order valence-electron chi connectivity index (χ3n) is 4.61. The summed E-state index contributed by atoms with van der Waals surface area (Å²) in [5, 5.41) is 0. The Hall–Kier alpha value is -0.370. The van der Waals surface area contributed by atoms with Gasteiger partial charge in [-0.15, -0.1) is 0 Å². The number of hydrogen-bond acceptors (Lipinski definition) is 4. The fraction of sp³-hybridized carbons (Fsp3) is 0.647. The highest BCUT2D eigenvalue weighted by Gasteiger charge is 2.54. The van der Waals surface area contributed by atoms with Gasteiger partial charge in [0.2, 0.25) is 0 Å². The number of nitrogens with zero attached hydrogens (tertiary/aromatic N) is 2. The molecule has 5 nitrogen and oxygen atoms in total. The van der Waals surface area contributed by atoms with Crippen molar-refractivity contribution >= 4 is 23.5 Å². The molecule has 0 spiro atoms. The van der Waals surface area contributed by atoms with Crippen molar-refractivity contribution in [3.63, 3.8) is 0 Å². The Morgan fingerprint density at radius 1 is 1.35 bits per heavy atom. The predicted octanol–water partition coefficient (Wildman–Crippen LogP) is 4.25. The smallest absolute Gasteiger partial charge is 0.320 e. The maximum atomic E-state index is 14.6. The van der Waals surface area contributed by atoms with E-state index in [-0.39, 0.29) is 4.47 Å². The molecule has 0 aliphatic carbocycles. The fourth-order valence-electron chi connectivity index (χ4n) is 2.70. The zero-order valence-corrected chi connectivity index (χ0v) is 17.8. The van der Waals surface area contributed by atoms with Crippen LogP contribution in [-0.4, -0.2) is 54.0 Å². The molecule has 1 aromatic carbocycles. The summed E-state index contributed by atoms with van der Waals surface area (Å²) >= 11 is 3.14. The Bertz CT molecular complexity index is 669. The fourth-order valence-corrected chi connectivity index (χ4v) is 4.80. The molecular formula is C17H26BrF2N2O3P. The average molecular weight is 455 g/mol. The highest BCUT2D eigenvalue weighted by molar-refractivity contribution is 9.10. The van der Waals surface area contributed by atoms with Crippen LogP contribution in [-0.2, 0) is 21.3 Å². The van der Waals surface area contributed by atoms with Gasteiger partial charge in [0.25, 0.3) is 0 Å². The van der Waals surface area contributed by atoms with Crippen LogP contribution in [0.5, 0.6) is 0 Å². The molecule has 1 aliphatic rings. The first-order valence-corrected chi connectivity index (χ1v) is 11.0. The molecule has 1 fully saturated rings. The highest BCUT2D eigenvalue weighted by atomic mass is 79.9. The average Bonchev–Trinajstić information content (AvgIpc) is 2.56. The minimum Gasteiger partial charge on any atom is -0.320 e. The number of rotatable bonds is 7. The second-order valence-corrected chi connectivity index (χ2v) is 9.45. The molecule has 1 N–H and O–H groups in total. The number of hydrogen-bond donors (Lipinski definition) is 1. The van der Waals surface area contributed by atoms with E-state index in [4.69, 9.17) is 4.52 Å². The van der Waals surface area contributed by atoms with Crippen molar-refractivity contribution in [1.82, 2.24) is 9.80 Å². The van der Waals surface area contributed by atoms with Gasteiger partial charge in [-0.25, -0.2) is 0 Å². The van der Waals surface area contributed by atoms with Crippen LogP contribution in [0, 0.1) is 0 Å². The Morgan fingerprint density at radius 3 is 2.50 bits per heavy atom. The summed E-state index contributed by atoms with van der Waals surface area (Å²) in [7, 11) is -3.08. The Kier molecular flexibility index (Phi) is 7.38. The molecule has 1 heterocycles. The molecule has 9 heteroatoms. The predicted molar refractivity (Wildman–Crippen MR) is 101 cm³/mol. The van der Waals surface area contributed by atoms with Gasteiger partial charge in [-0.3, -0.25) is 9.46 Å². The van der Waals surface area contributed by atoms with Gasteiger partial charge in [-0.05, 0) is 32.0 Å². The third kappa shape index (κ3) is 5.12. The van der Waals surface area contributed by atoms with E-state index >= 15 is 0 Å². The molecule has 2 rings (SSSR count). The van der Waals surface area contributed by atoms with Crippen LogP contribution in [0.25, 0.3) is 0 Å². The summed E-state index contributed by atoms with van der Waals surface area (Å²) in [6, 6.07) is 4.37. The topological polar surface area (TPSA) is 53.0 Å². The van der Waals surface area contributed by atoms with Gasteiger partial charge in [-0.2, -0.15) is 8.78 Å². The van der Waals surface area contributed by atoms with E-state index in [1.165, 1.54) is 13.0 Å². The van der Waals surface area contributed by atoms with Crippen molar-refractivity contribution in [1.29, 1.82) is 0 Å². The number of likely N-dealkylation sites (N-methyl/N-ethyl adjacent to an activating group) is 1. The van der Waals surface area contributed by atoms with E-state index in [9.17, 15) is 18.2 Å². The normalized spacial score (nSPS) is 20.7. The first-order chi connectivity index (χ1) is 12.1. The van der Waals surface area contributed by atoms with Crippen LogP contribution < -0.4 is 0 Å². The number of benzene rings is 1. The van der Waals surface area contributed by atoms with Crippen molar-refractivity contribution in [3.8, 4) is 0 Å². The van der Waals surface area contributed by atoms with Crippen LogP contribution in [0.3, 0.4) is 0 Å². The van der Waals surface area contributed by atoms with E-state index in [1.54, 1.807) is 19.1 Å². The van der Waals surface area contributed by atoms with Crippen LogP contribution >= 0.6 is 23.5 Å². The summed E-state index contributed by atoms with van der Waals surface area (Å²) in [4.78, 5) is 14.3. The van der Waals surface area contributed by atoms with E-state index in [2.05, 4.69) is 32.8 Å².